The SMILES string of the molecule is Cc1cc(Nc2cccc(S(C)(=O)=O)c2[N+](=O)[O-])ccc1N(C)C. The third-order valence-electron chi connectivity index (χ3n) is 3.54. The number of hydrogen-bond acceptors (Lipinski definition) is 6. The average Bonchev–Trinajstić information content (AvgIpc) is 2.45. The Labute approximate surface area is 141 Å². The fourth-order valence-electron chi connectivity index (χ4n) is 2.50. The summed E-state index contributed by atoms with van der Waals surface area (Å²) >= 11 is 0. The minimum atomic E-state index is -3.71. The number of rotatable bonds is 5. The van der Waals surface area contributed by atoms with Crippen molar-refractivity contribution in [2.24, 2.45) is 0 Å². The summed E-state index contributed by atoms with van der Waals surface area (Å²) in [6.45, 7) is 1.93. The predicted octanol–water partition coefficient (Wildman–Crippen LogP) is 3.12. The lowest BCUT2D eigenvalue weighted by molar-refractivity contribution is -0.386. The van der Waals surface area contributed by atoms with Crippen LogP contribution in [0.25, 0.3) is 0 Å². The monoisotopic (exact) mass is 349 g/mol. The Hall–Kier alpha value is -2.61. The summed E-state index contributed by atoms with van der Waals surface area (Å²) in [6.07, 6.45) is 0.954. The number of nitrogens with zero attached hydrogens (tertiary/aromatic N) is 2. The van der Waals surface area contributed by atoms with Gasteiger partial charge in [-0.1, -0.05) is 6.07 Å². The second kappa shape index (κ2) is 6.48. The molecule has 0 aliphatic rings. The molecule has 0 spiro atoms. The summed E-state index contributed by atoms with van der Waals surface area (Å²) in [6, 6.07) is 9.74. The summed E-state index contributed by atoms with van der Waals surface area (Å²) in [5.74, 6) is 0. The highest BCUT2D eigenvalue weighted by Crippen LogP contribution is 2.34. The van der Waals surface area contributed by atoms with Crippen LogP contribution in [0, 0.1) is 17.0 Å². The highest BCUT2D eigenvalue weighted by atomic mass is 32.2. The van der Waals surface area contributed by atoms with Gasteiger partial charge in [-0.15, -0.1) is 0 Å². The van der Waals surface area contributed by atoms with E-state index in [1.165, 1.54) is 18.2 Å². The molecule has 1 N–H and O–H groups in total. The zero-order valence-electron chi connectivity index (χ0n) is 13.9. The summed E-state index contributed by atoms with van der Waals surface area (Å²) in [4.78, 5) is 12.4. The van der Waals surface area contributed by atoms with Gasteiger partial charge in [-0.25, -0.2) is 8.42 Å². The molecular formula is C16H19N3O4S. The topological polar surface area (TPSA) is 92.5 Å². The number of nitro benzene ring substituents is 1. The zero-order valence-corrected chi connectivity index (χ0v) is 14.7. The zero-order chi connectivity index (χ0) is 18.1. The fourth-order valence-corrected chi connectivity index (χ4v) is 3.36. The first-order valence-electron chi connectivity index (χ1n) is 7.13. The molecular weight excluding hydrogens is 330 g/mol. The number of hydrogen-bond donors (Lipinski definition) is 1. The molecule has 0 aliphatic heterocycles. The second-order valence-corrected chi connectivity index (χ2v) is 7.69. The van der Waals surface area contributed by atoms with Gasteiger partial charge in [0, 0.05) is 31.7 Å². The molecule has 0 bridgehead atoms. The van der Waals surface area contributed by atoms with E-state index in [-0.39, 0.29) is 10.6 Å². The molecule has 0 amide bonds. The Kier molecular flexibility index (Phi) is 4.79. The Morgan fingerprint density at radius 1 is 1.17 bits per heavy atom. The van der Waals surface area contributed by atoms with Crippen LogP contribution in [0.15, 0.2) is 41.3 Å². The molecule has 0 unspecified atom stereocenters. The van der Waals surface area contributed by atoms with E-state index in [9.17, 15) is 18.5 Å². The molecule has 0 atom stereocenters. The first kappa shape index (κ1) is 17.7. The lowest BCUT2D eigenvalue weighted by Gasteiger charge is -2.17. The lowest BCUT2D eigenvalue weighted by Crippen LogP contribution is -2.10. The van der Waals surface area contributed by atoms with Gasteiger partial charge < -0.3 is 10.2 Å². The van der Waals surface area contributed by atoms with Crippen LogP contribution < -0.4 is 10.2 Å². The van der Waals surface area contributed by atoms with Crippen molar-refractivity contribution in [3.8, 4) is 0 Å². The molecule has 8 heteroatoms. The Morgan fingerprint density at radius 2 is 1.83 bits per heavy atom. The molecule has 0 fully saturated rings. The van der Waals surface area contributed by atoms with Crippen LogP contribution in [0.2, 0.25) is 0 Å². The molecule has 128 valence electrons. The van der Waals surface area contributed by atoms with Crippen molar-refractivity contribution >= 4 is 32.6 Å². The van der Waals surface area contributed by atoms with E-state index in [0.29, 0.717) is 5.69 Å². The first-order valence-corrected chi connectivity index (χ1v) is 9.03. The Balaban J connectivity index is 2.51. The van der Waals surface area contributed by atoms with Gasteiger partial charge in [0.15, 0.2) is 9.84 Å². The van der Waals surface area contributed by atoms with Gasteiger partial charge in [0.1, 0.15) is 10.6 Å². The van der Waals surface area contributed by atoms with E-state index in [2.05, 4.69) is 5.32 Å². The van der Waals surface area contributed by atoms with E-state index in [0.717, 1.165) is 17.5 Å². The van der Waals surface area contributed by atoms with E-state index < -0.39 is 20.4 Å². The number of benzene rings is 2. The van der Waals surface area contributed by atoms with Crippen LogP contribution in [-0.2, 0) is 9.84 Å². The third kappa shape index (κ3) is 3.65. The highest BCUT2D eigenvalue weighted by molar-refractivity contribution is 7.90. The molecule has 0 radical (unpaired) electrons. The second-order valence-electron chi connectivity index (χ2n) is 5.70. The van der Waals surface area contributed by atoms with Gasteiger partial charge >= 0.3 is 5.69 Å². The smallest absolute Gasteiger partial charge is 0.311 e. The van der Waals surface area contributed by atoms with Crippen molar-refractivity contribution in [2.75, 3.05) is 30.6 Å². The largest absolute Gasteiger partial charge is 0.377 e. The van der Waals surface area contributed by atoms with Gasteiger partial charge in [-0.3, -0.25) is 10.1 Å². The van der Waals surface area contributed by atoms with Crippen LogP contribution in [0.5, 0.6) is 0 Å². The molecule has 24 heavy (non-hydrogen) atoms. The molecule has 2 rings (SSSR count). The number of para-hydroxylation sites is 1. The number of anilines is 3. The van der Waals surface area contributed by atoms with Crippen LogP contribution in [0.4, 0.5) is 22.7 Å². The number of aryl methyl sites for hydroxylation is 1. The lowest BCUT2D eigenvalue weighted by atomic mass is 10.1. The maximum absolute atomic E-state index is 11.8. The van der Waals surface area contributed by atoms with Gasteiger partial charge in [0.2, 0.25) is 0 Å². The summed E-state index contributed by atoms with van der Waals surface area (Å²) in [5.41, 5.74) is 2.35. The molecule has 0 saturated heterocycles. The summed E-state index contributed by atoms with van der Waals surface area (Å²) in [5, 5.41) is 14.3. The molecule has 0 saturated carbocycles. The van der Waals surface area contributed by atoms with Crippen molar-refractivity contribution < 1.29 is 13.3 Å². The summed E-state index contributed by atoms with van der Waals surface area (Å²) in [7, 11) is 0.145. The fraction of sp³-hybridized carbons (Fsp3) is 0.250. The number of sulfone groups is 1. The van der Waals surface area contributed by atoms with Crippen molar-refractivity contribution in [2.45, 2.75) is 11.8 Å². The normalized spacial score (nSPS) is 11.2. The van der Waals surface area contributed by atoms with Crippen LogP contribution in [-0.4, -0.2) is 33.7 Å². The van der Waals surface area contributed by atoms with Crippen molar-refractivity contribution in [3.05, 3.63) is 52.1 Å². The molecule has 0 aromatic heterocycles. The summed E-state index contributed by atoms with van der Waals surface area (Å²) < 4.78 is 23.6. The predicted molar refractivity (Wildman–Crippen MR) is 95.0 cm³/mol. The van der Waals surface area contributed by atoms with Crippen molar-refractivity contribution in [3.63, 3.8) is 0 Å². The molecule has 0 heterocycles. The van der Waals surface area contributed by atoms with Crippen molar-refractivity contribution in [1.82, 2.24) is 0 Å². The molecule has 7 nitrogen and oxygen atoms in total. The van der Waals surface area contributed by atoms with Crippen LogP contribution in [0.3, 0.4) is 0 Å². The Morgan fingerprint density at radius 3 is 2.33 bits per heavy atom. The van der Waals surface area contributed by atoms with E-state index in [1.807, 2.05) is 38.1 Å². The van der Waals surface area contributed by atoms with Gasteiger partial charge in [-0.2, -0.15) is 0 Å². The van der Waals surface area contributed by atoms with Gasteiger partial charge in [-0.05, 0) is 42.8 Å². The maximum Gasteiger partial charge on any atom is 0.311 e. The molecule has 2 aromatic rings. The van der Waals surface area contributed by atoms with Gasteiger partial charge in [0.25, 0.3) is 0 Å². The number of nitrogens with one attached hydrogen (secondary N) is 1. The highest BCUT2D eigenvalue weighted by Gasteiger charge is 2.26. The minimum absolute atomic E-state index is 0.139. The molecule has 0 aliphatic carbocycles. The molecule has 2 aromatic carbocycles. The quantitative estimate of drug-likeness (QED) is 0.658. The Bertz CT molecular complexity index is 892. The van der Waals surface area contributed by atoms with Crippen LogP contribution >= 0.6 is 0 Å². The van der Waals surface area contributed by atoms with Gasteiger partial charge in [0.05, 0.1) is 4.92 Å². The van der Waals surface area contributed by atoms with E-state index in [4.69, 9.17) is 0 Å². The third-order valence-corrected chi connectivity index (χ3v) is 4.67. The number of nitro groups is 1. The maximum atomic E-state index is 11.8. The minimum Gasteiger partial charge on any atom is -0.377 e. The van der Waals surface area contributed by atoms with E-state index >= 15 is 0 Å². The standard InChI is InChI=1S/C16H19N3O4S/c1-11-10-12(8-9-14(11)18(2)3)17-13-6-5-7-15(24(4,22)23)16(13)19(20)21/h5-10,17H,1-4H3. The first-order chi connectivity index (χ1) is 11.1. The van der Waals surface area contributed by atoms with E-state index in [1.54, 1.807) is 6.07 Å². The van der Waals surface area contributed by atoms with Crippen molar-refractivity contribution in [1.29, 1.82) is 0 Å². The average molecular weight is 349 g/mol. The van der Waals surface area contributed by atoms with Crippen LogP contribution in [0.1, 0.15) is 5.56 Å².